The zero-order valence-corrected chi connectivity index (χ0v) is 13.2. The second-order valence-electron chi connectivity index (χ2n) is 6.51. The van der Waals surface area contributed by atoms with Crippen molar-refractivity contribution in [2.45, 2.75) is 26.2 Å². The van der Waals surface area contributed by atoms with Gasteiger partial charge in [0.05, 0.1) is 0 Å². The van der Waals surface area contributed by atoms with E-state index in [4.69, 9.17) is 5.73 Å². The van der Waals surface area contributed by atoms with Gasteiger partial charge >= 0.3 is 5.97 Å². The number of anilines is 1. The summed E-state index contributed by atoms with van der Waals surface area (Å²) in [6.45, 7) is 6.44. The van der Waals surface area contributed by atoms with Crippen molar-refractivity contribution in [3.8, 4) is 11.1 Å². The molecule has 3 rings (SSSR count). The van der Waals surface area contributed by atoms with Crippen LogP contribution in [0.1, 0.15) is 36.7 Å². The van der Waals surface area contributed by atoms with Crippen molar-refractivity contribution < 1.29 is 9.90 Å². The number of pyridine rings is 1. The third kappa shape index (κ3) is 2.75. The molecule has 0 aliphatic heterocycles. The quantitative estimate of drug-likeness (QED) is 0.759. The molecule has 0 unspecified atom stereocenters. The summed E-state index contributed by atoms with van der Waals surface area (Å²) in [5, 5.41) is 13.4. The fraction of sp³-hybridized carbons (Fsp3) is 0.235. The molecule has 1 aromatic carbocycles. The summed E-state index contributed by atoms with van der Waals surface area (Å²) in [7, 11) is 0. The Labute approximate surface area is 133 Å². The first kappa shape index (κ1) is 15.0. The Morgan fingerprint density at radius 3 is 2.39 bits per heavy atom. The van der Waals surface area contributed by atoms with E-state index < -0.39 is 5.97 Å². The average Bonchev–Trinajstić information content (AvgIpc) is 2.85. The highest BCUT2D eigenvalue weighted by Gasteiger charge is 2.16. The van der Waals surface area contributed by atoms with E-state index in [1.807, 2.05) is 12.1 Å². The average molecular weight is 310 g/mol. The van der Waals surface area contributed by atoms with Crippen molar-refractivity contribution in [1.82, 2.24) is 14.6 Å². The Balaban J connectivity index is 2.14. The molecule has 0 amide bonds. The molecule has 0 saturated carbocycles. The summed E-state index contributed by atoms with van der Waals surface area (Å²) in [5.41, 5.74) is 8.84. The molecular formula is C17H18N4O2. The lowest BCUT2D eigenvalue weighted by molar-refractivity contribution is 0.0698. The van der Waals surface area contributed by atoms with E-state index in [1.54, 1.807) is 12.3 Å². The number of carboxylic acid groups (broad SMARTS) is 1. The van der Waals surface area contributed by atoms with Crippen molar-refractivity contribution in [3.05, 3.63) is 47.7 Å². The van der Waals surface area contributed by atoms with Crippen molar-refractivity contribution in [2.75, 3.05) is 5.73 Å². The predicted octanol–water partition coefficient (Wildman–Crippen LogP) is 2.97. The fourth-order valence-electron chi connectivity index (χ4n) is 2.48. The molecule has 0 spiro atoms. The molecular weight excluding hydrogens is 292 g/mol. The molecule has 0 atom stereocenters. The number of benzene rings is 1. The predicted molar refractivity (Wildman–Crippen MR) is 88.5 cm³/mol. The minimum Gasteiger partial charge on any atom is -0.478 e. The van der Waals surface area contributed by atoms with Crippen LogP contribution in [0.25, 0.3) is 16.8 Å². The highest BCUT2D eigenvalue weighted by atomic mass is 16.4. The molecule has 23 heavy (non-hydrogen) atoms. The van der Waals surface area contributed by atoms with Crippen LogP contribution < -0.4 is 5.73 Å². The van der Waals surface area contributed by atoms with Crippen LogP contribution in [0.4, 0.5) is 5.95 Å². The maximum absolute atomic E-state index is 11.5. The Morgan fingerprint density at radius 2 is 1.83 bits per heavy atom. The smallest absolute Gasteiger partial charge is 0.339 e. The van der Waals surface area contributed by atoms with Gasteiger partial charge in [-0.2, -0.15) is 4.98 Å². The molecule has 6 heteroatoms. The Bertz CT molecular complexity index is 889. The number of carbonyl (C=O) groups is 1. The number of nitrogen functional groups attached to an aromatic ring is 1. The molecule has 0 aliphatic rings. The van der Waals surface area contributed by atoms with E-state index in [2.05, 4.69) is 43.0 Å². The molecule has 3 aromatic rings. The van der Waals surface area contributed by atoms with Crippen LogP contribution in [0, 0.1) is 0 Å². The fourth-order valence-corrected chi connectivity index (χ4v) is 2.48. The molecule has 0 radical (unpaired) electrons. The second kappa shape index (κ2) is 5.08. The first-order valence-corrected chi connectivity index (χ1v) is 7.26. The van der Waals surface area contributed by atoms with Crippen LogP contribution in [0.5, 0.6) is 0 Å². The van der Waals surface area contributed by atoms with Gasteiger partial charge < -0.3 is 10.8 Å². The van der Waals surface area contributed by atoms with Crippen LogP contribution in [-0.2, 0) is 5.41 Å². The van der Waals surface area contributed by atoms with Gasteiger partial charge in [0.25, 0.3) is 0 Å². The third-order valence-corrected chi connectivity index (χ3v) is 3.76. The minimum absolute atomic E-state index is 0.0488. The Morgan fingerprint density at radius 1 is 1.17 bits per heavy atom. The van der Waals surface area contributed by atoms with Gasteiger partial charge in [-0.15, -0.1) is 5.10 Å². The first-order valence-electron chi connectivity index (χ1n) is 7.26. The highest BCUT2D eigenvalue weighted by Crippen LogP contribution is 2.27. The van der Waals surface area contributed by atoms with Crippen LogP contribution >= 0.6 is 0 Å². The second-order valence-corrected chi connectivity index (χ2v) is 6.51. The van der Waals surface area contributed by atoms with E-state index >= 15 is 0 Å². The number of rotatable bonds is 2. The number of nitrogens with zero attached hydrogens (tertiary/aromatic N) is 3. The van der Waals surface area contributed by atoms with Gasteiger partial charge in [0.15, 0.2) is 5.65 Å². The van der Waals surface area contributed by atoms with Crippen LogP contribution in [0.2, 0.25) is 0 Å². The van der Waals surface area contributed by atoms with Gasteiger partial charge in [-0.1, -0.05) is 45.0 Å². The zero-order valence-electron chi connectivity index (χ0n) is 13.2. The lowest BCUT2D eigenvalue weighted by Gasteiger charge is -2.19. The molecule has 0 saturated heterocycles. The van der Waals surface area contributed by atoms with Gasteiger partial charge in [-0.05, 0) is 22.6 Å². The van der Waals surface area contributed by atoms with Gasteiger partial charge in [-0.3, -0.25) is 0 Å². The maximum Gasteiger partial charge on any atom is 0.339 e. The molecule has 3 N–H and O–H groups in total. The summed E-state index contributed by atoms with van der Waals surface area (Å²) in [6.07, 6.45) is 1.73. The van der Waals surface area contributed by atoms with E-state index in [-0.39, 0.29) is 22.6 Å². The zero-order chi connectivity index (χ0) is 16.8. The molecule has 6 nitrogen and oxygen atoms in total. The Kier molecular flexibility index (Phi) is 3.32. The lowest BCUT2D eigenvalue weighted by Crippen LogP contribution is -2.10. The molecule has 0 bridgehead atoms. The summed E-state index contributed by atoms with van der Waals surface area (Å²) < 4.78 is 1.41. The van der Waals surface area contributed by atoms with Crippen molar-refractivity contribution >= 4 is 17.6 Å². The molecule has 2 heterocycles. The normalized spacial score (nSPS) is 11.8. The molecule has 0 fully saturated rings. The summed E-state index contributed by atoms with van der Waals surface area (Å²) >= 11 is 0. The number of carboxylic acids is 1. The highest BCUT2D eigenvalue weighted by molar-refractivity contribution is 5.96. The first-order chi connectivity index (χ1) is 10.8. The number of aromatic carboxylic acids is 1. The van der Waals surface area contributed by atoms with Gasteiger partial charge in [0.1, 0.15) is 5.56 Å². The summed E-state index contributed by atoms with van der Waals surface area (Å²) in [4.78, 5) is 15.4. The number of aromatic nitrogens is 3. The summed E-state index contributed by atoms with van der Waals surface area (Å²) in [5.74, 6) is -1.01. The standard InChI is InChI=1S/C17H18N4O2/c1-17(2,3)12-6-4-10(5-7-12)11-8-13(15(22)23)14-19-16(18)20-21(14)9-11/h4-9H,1-3H3,(H2,18,20)(H,22,23). The van der Waals surface area contributed by atoms with Crippen LogP contribution in [0.3, 0.4) is 0 Å². The SMILES string of the molecule is CC(C)(C)c1ccc(-c2cc(C(=O)O)c3nc(N)nn3c2)cc1. The Hall–Kier alpha value is -2.89. The van der Waals surface area contributed by atoms with Gasteiger partial charge in [0.2, 0.25) is 5.95 Å². The maximum atomic E-state index is 11.5. The number of hydrogen-bond acceptors (Lipinski definition) is 4. The van der Waals surface area contributed by atoms with Crippen LogP contribution in [0.15, 0.2) is 36.5 Å². The van der Waals surface area contributed by atoms with Crippen molar-refractivity contribution in [3.63, 3.8) is 0 Å². The third-order valence-electron chi connectivity index (χ3n) is 3.76. The van der Waals surface area contributed by atoms with Crippen molar-refractivity contribution in [2.24, 2.45) is 0 Å². The largest absolute Gasteiger partial charge is 0.478 e. The van der Waals surface area contributed by atoms with E-state index in [0.717, 1.165) is 11.1 Å². The minimum atomic E-state index is -1.06. The van der Waals surface area contributed by atoms with Crippen LogP contribution in [-0.4, -0.2) is 25.7 Å². The topological polar surface area (TPSA) is 93.5 Å². The molecule has 0 aliphatic carbocycles. The number of hydrogen-bond donors (Lipinski definition) is 2. The number of fused-ring (bicyclic) bond motifs is 1. The summed E-state index contributed by atoms with van der Waals surface area (Å²) in [6, 6.07) is 9.66. The number of nitrogens with two attached hydrogens (primary N) is 1. The van der Waals surface area contributed by atoms with E-state index in [0.29, 0.717) is 0 Å². The van der Waals surface area contributed by atoms with Gasteiger partial charge in [-0.25, -0.2) is 9.31 Å². The van der Waals surface area contributed by atoms with Gasteiger partial charge in [0, 0.05) is 11.8 Å². The van der Waals surface area contributed by atoms with E-state index in [1.165, 1.54) is 10.1 Å². The molecule has 2 aromatic heterocycles. The monoisotopic (exact) mass is 310 g/mol. The van der Waals surface area contributed by atoms with E-state index in [9.17, 15) is 9.90 Å². The van der Waals surface area contributed by atoms with Crippen molar-refractivity contribution in [1.29, 1.82) is 0 Å². The molecule has 118 valence electrons. The lowest BCUT2D eigenvalue weighted by atomic mass is 9.86.